The lowest BCUT2D eigenvalue weighted by Gasteiger charge is -2.26. The highest BCUT2D eigenvalue weighted by atomic mass is 16.5. The van der Waals surface area contributed by atoms with Crippen LogP contribution in [0.25, 0.3) is 0 Å². The van der Waals surface area contributed by atoms with Gasteiger partial charge in [0.25, 0.3) is 0 Å². The summed E-state index contributed by atoms with van der Waals surface area (Å²) in [7, 11) is 0. The van der Waals surface area contributed by atoms with Crippen molar-refractivity contribution in [2.24, 2.45) is 0 Å². The highest BCUT2D eigenvalue weighted by Gasteiger charge is 2.12. The minimum Gasteiger partial charge on any atom is -0.426 e. The molecular formula is C13H18N2O2. The van der Waals surface area contributed by atoms with E-state index in [4.69, 9.17) is 4.74 Å². The van der Waals surface area contributed by atoms with Crippen molar-refractivity contribution >= 4 is 5.97 Å². The third-order valence-corrected chi connectivity index (χ3v) is 2.82. The van der Waals surface area contributed by atoms with Crippen LogP contribution in [0.2, 0.25) is 0 Å². The topological polar surface area (TPSA) is 41.6 Å². The molecule has 0 spiro atoms. The van der Waals surface area contributed by atoms with E-state index in [-0.39, 0.29) is 5.97 Å². The molecule has 1 heterocycles. The minimum atomic E-state index is -0.158. The minimum absolute atomic E-state index is 0.158. The molecule has 92 valence electrons. The Kier molecular flexibility index (Phi) is 4.53. The number of piperazine rings is 1. The first kappa shape index (κ1) is 12.1. The molecule has 4 heteroatoms. The van der Waals surface area contributed by atoms with Crippen LogP contribution in [0.1, 0.15) is 6.42 Å². The first-order valence-corrected chi connectivity index (χ1v) is 6.03. The Labute approximate surface area is 102 Å². The average Bonchev–Trinajstić information content (AvgIpc) is 2.39. The van der Waals surface area contributed by atoms with E-state index in [0.717, 1.165) is 32.7 Å². The molecule has 1 aliphatic heterocycles. The normalized spacial score (nSPS) is 16.7. The number of ether oxygens (including phenoxy) is 1. The third-order valence-electron chi connectivity index (χ3n) is 2.82. The van der Waals surface area contributed by atoms with Gasteiger partial charge in [-0.2, -0.15) is 0 Å². The second-order valence-electron chi connectivity index (χ2n) is 4.13. The van der Waals surface area contributed by atoms with Gasteiger partial charge in [0.2, 0.25) is 0 Å². The van der Waals surface area contributed by atoms with Gasteiger partial charge in [0.15, 0.2) is 0 Å². The predicted octanol–water partition coefficient (Wildman–Crippen LogP) is 0.887. The summed E-state index contributed by atoms with van der Waals surface area (Å²) in [4.78, 5) is 13.9. The van der Waals surface area contributed by atoms with Crippen LogP contribution in [-0.4, -0.2) is 43.6 Å². The van der Waals surface area contributed by atoms with Gasteiger partial charge in [-0.15, -0.1) is 0 Å². The zero-order valence-corrected chi connectivity index (χ0v) is 9.89. The second kappa shape index (κ2) is 6.37. The van der Waals surface area contributed by atoms with Crippen molar-refractivity contribution in [1.82, 2.24) is 10.2 Å². The molecule has 0 atom stereocenters. The molecule has 1 N–H and O–H groups in total. The Morgan fingerprint density at radius 1 is 1.24 bits per heavy atom. The summed E-state index contributed by atoms with van der Waals surface area (Å²) < 4.78 is 5.22. The number of benzene rings is 1. The molecule has 0 saturated carbocycles. The first-order valence-electron chi connectivity index (χ1n) is 6.03. The van der Waals surface area contributed by atoms with Crippen LogP contribution in [0.4, 0.5) is 0 Å². The first-order chi connectivity index (χ1) is 8.34. The van der Waals surface area contributed by atoms with Crippen LogP contribution in [0.5, 0.6) is 5.75 Å². The summed E-state index contributed by atoms with van der Waals surface area (Å²) in [5, 5.41) is 3.28. The molecular weight excluding hydrogens is 216 g/mol. The number of nitrogens with zero attached hydrogens (tertiary/aromatic N) is 1. The summed E-state index contributed by atoms with van der Waals surface area (Å²) in [5.41, 5.74) is 0. The summed E-state index contributed by atoms with van der Waals surface area (Å²) in [6.45, 7) is 4.83. The van der Waals surface area contributed by atoms with Crippen molar-refractivity contribution in [3.63, 3.8) is 0 Å². The summed E-state index contributed by atoms with van der Waals surface area (Å²) >= 11 is 0. The van der Waals surface area contributed by atoms with E-state index in [9.17, 15) is 4.79 Å². The number of hydrogen-bond donors (Lipinski definition) is 1. The molecule has 4 nitrogen and oxygen atoms in total. The highest BCUT2D eigenvalue weighted by molar-refractivity contribution is 5.72. The zero-order valence-electron chi connectivity index (χ0n) is 9.89. The molecule has 0 unspecified atom stereocenters. The van der Waals surface area contributed by atoms with Crippen molar-refractivity contribution in [2.75, 3.05) is 32.7 Å². The van der Waals surface area contributed by atoms with Gasteiger partial charge in [0, 0.05) is 32.7 Å². The maximum atomic E-state index is 11.6. The molecule has 1 saturated heterocycles. The van der Waals surface area contributed by atoms with E-state index in [1.165, 1.54) is 0 Å². The molecule has 0 aromatic heterocycles. The number of rotatable bonds is 4. The average molecular weight is 234 g/mol. The molecule has 0 radical (unpaired) electrons. The van der Waals surface area contributed by atoms with Crippen molar-refractivity contribution < 1.29 is 9.53 Å². The lowest BCUT2D eigenvalue weighted by Crippen LogP contribution is -2.44. The number of nitrogens with one attached hydrogen (secondary N) is 1. The maximum Gasteiger partial charge on any atom is 0.312 e. The molecule has 0 amide bonds. The van der Waals surface area contributed by atoms with E-state index in [1.54, 1.807) is 12.1 Å². The SMILES string of the molecule is O=C(CCN1CCNCC1)Oc1ccccc1. The summed E-state index contributed by atoms with van der Waals surface area (Å²) in [6.07, 6.45) is 0.453. The quantitative estimate of drug-likeness (QED) is 0.620. The van der Waals surface area contributed by atoms with Gasteiger partial charge < -0.3 is 15.0 Å². The fourth-order valence-electron chi connectivity index (χ4n) is 1.86. The standard InChI is InChI=1S/C13H18N2O2/c16-13(17-12-4-2-1-3-5-12)6-9-15-10-7-14-8-11-15/h1-5,14H,6-11H2. The van der Waals surface area contributed by atoms with Crippen LogP contribution < -0.4 is 10.1 Å². The Hall–Kier alpha value is -1.39. The number of hydrogen-bond acceptors (Lipinski definition) is 4. The number of carbonyl (C=O) groups is 1. The maximum absolute atomic E-state index is 11.6. The lowest BCUT2D eigenvalue weighted by atomic mass is 10.3. The van der Waals surface area contributed by atoms with Crippen LogP contribution in [0.3, 0.4) is 0 Å². The van der Waals surface area contributed by atoms with Crippen molar-refractivity contribution in [1.29, 1.82) is 0 Å². The Morgan fingerprint density at radius 2 is 1.94 bits per heavy atom. The monoisotopic (exact) mass is 234 g/mol. The summed E-state index contributed by atoms with van der Waals surface area (Å²) in [6, 6.07) is 9.21. The van der Waals surface area contributed by atoms with E-state index in [2.05, 4.69) is 10.2 Å². The molecule has 1 aromatic carbocycles. The van der Waals surface area contributed by atoms with Gasteiger partial charge in [-0.3, -0.25) is 4.79 Å². The molecule has 17 heavy (non-hydrogen) atoms. The molecule has 1 aromatic rings. The predicted molar refractivity (Wildman–Crippen MR) is 66.0 cm³/mol. The van der Waals surface area contributed by atoms with Gasteiger partial charge in [0.1, 0.15) is 5.75 Å². The van der Waals surface area contributed by atoms with E-state index >= 15 is 0 Å². The van der Waals surface area contributed by atoms with Gasteiger partial charge in [0.05, 0.1) is 6.42 Å². The fourth-order valence-corrected chi connectivity index (χ4v) is 1.86. The van der Waals surface area contributed by atoms with Gasteiger partial charge in [-0.25, -0.2) is 0 Å². The fraction of sp³-hybridized carbons (Fsp3) is 0.462. The Bertz CT molecular complexity index is 348. The van der Waals surface area contributed by atoms with E-state index in [1.807, 2.05) is 18.2 Å². The largest absolute Gasteiger partial charge is 0.426 e. The van der Waals surface area contributed by atoms with Crippen molar-refractivity contribution in [3.8, 4) is 5.75 Å². The van der Waals surface area contributed by atoms with Crippen LogP contribution >= 0.6 is 0 Å². The lowest BCUT2D eigenvalue weighted by molar-refractivity contribution is -0.134. The smallest absolute Gasteiger partial charge is 0.312 e. The van der Waals surface area contributed by atoms with Gasteiger partial charge >= 0.3 is 5.97 Å². The number of esters is 1. The third kappa shape index (κ3) is 4.17. The van der Waals surface area contributed by atoms with Gasteiger partial charge in [-0.05, 0) is 12.1 Å². The van der Waals surface area contributed by atoms with Gasteiger partial charge in [-0.1, -0.05) is 18.2 Å². The molecule has 1 aliphatic rings. The summed E-state index contributed by atoms with van der Waals surface area (Å²) in [5.74, 6) is 0.465. The Morgan fingerprint density at radius 3 is 2.65 bits per heavy atom. The van der Waals surface area contributed by atoms with Crippen LogP contribution in [0.15, 0.2) is 30.3 Å². The van der Waals surface area contributed by atoms with Crippen molar-refractivity contribution in [3.05, 3.63) is 30.3 Å². The molecule has 1 fully saturated rings. The van der Waals surface area contributed by atoms with Crippen LogP contribution in [0, 0.1) is 0 Å². The molecule has 0 bridgehead atoms. The number of carbonyl (C=O) groups excluding carboxylic acids is 1. The second-order valence-corrected chi connectivity index (χ2v) is 4.13. The van der Waals surface area contributed by atoms with E-state index < -0.39 is 0 Å². The van der Waals surface area contributed by atoms with Crippen molar-refractivity contribution in [2.45, 2.75) is 6.42 Å². The van der Waals surface area contributed by atoms with Crippen LogP contribution in [-0.2, 0) is 4.79 Å². The Balaban J connectivity index is 1.70. The highest BCUT2D eigenvalue weighted by Crippen LogP contribution is 2.09. The number of para-hydroxylation sites is 1. The molecule has 2 rings (SSSR count). The zero-order chi connectivity index (χ0) is 11.9. The van der Waals surface area contributed by atoms with E-state index in [0.29, 0.717) is 12.2 Å². The molecule has 0 aliphatic carbocycles.